The monoisotopic (exact) mass is 431 g/mol. The van der Waals surface area contributed by atoms with Crippen LogP contribution in [0.15, 0.2) is 35.7 Å². The summed E-state index contributed by atoms with van der Waals surface area (Å²) in [5.74, 6) is -1.35. The van der Waals surface area contributed by atoms with Gasteiger partial charge in [0, 0.05) is 6.54 Å². The molecule has 0 atom stereocenters. The molecule has 152 valence electrons. The van der Waals surface area contributed by atoms with Gasteiger partial charge in [-0.3, -0.25) is 14.4 Å². The van der Waals surface area contributed by atoms with Gasteiger partial charge in [-0.1, -0.05) is 19.1 Å². The van der Waals surface area contributed by atoms with Gasteiger partial charge in [-0.25, -0.2) is 4.98 Å². The van der Waals surface area contributed by atoms with Crippen LogP contribution in [0.5, 0.6) is 0 Å². The lowest BCUT2D eigenvalue weighted by atomic mass is 10.1. The molecule has 0 saturated heterocycles. The number of likely N-dealkylation sites (N-methyl/N-ethyl adjacent to an activating group) is 1. The predicted octanol–water partition coefficient (Wildman–Crippen LogP) is 3.68. The first-order valence-electron chi connectivity index (χ1n) is 9.09. The lowest BCUT2D eigenvalue weighted by Gasteiger charge is -2.13. The number of anilines is 1. The molecule has 9 heteroatoms. The third kappa shape index (κ3) is 5.47. The van der Waals surface area contributed by atoms with E-state index in [9.17, 15) is 14.4 Å². The second-order valence-corrected chi connectivity index (χ2v) is 8.27. The number of benzene rings is 1. The molecule has 2 heterocycles. The highest BCUT2D eigenvalue weighted by atomic mass is 32.1. The lowest BCUT2D eigenvalue weighted by molar-refractivity contribution is -0.142. The van der Waals surface area contributed by atoms with Gasteiger partial charge in [0.2, 0.25) is 0 Å². The van der Waals surface area contributed by atoms with Gasteiger partial charge in [-0.05, 0) is 37.2 Å². The summed E-state index contributed by atoms with van der Waals surface area (Å²) in [6, 6.07) is 9.08. The maximum Gasteiger partial charge on any atom is 0.313 e. The van der Waals surface area contributed by atoms with Crippen LogP contribution in [0.2, 0.25) is 0 Å². The van der Waals surface area contributed by atoms with Crippen molar-refractivity contribution >= 4 is 55.6 Å². The highest BCUT2D eigenvalue weighted by Crippen LogP contribution is 2.27. The largest absolute Gasteiger partial charge is 0.464 e. The number of hydrogen-bond acceptors (Lipinski definition) is 8. The van der Waals surface area contributed by atoms with Crippen molar-refractivity contribution in [2.45, 2.75) is 13.3 Å². The molecule has 29 heavy (non-hydrogen) atoms. The summed E-state index contributed by atoms with van der Waals surface area (Å²) >= 11 is 2.51. The molecule has 1 aromatic carbocycles. The molecule has 1 N–H and O–H groups in total. The Kier molecular flexibility index (Phi) is 7.08. The zero-order chi connectivity index (χ0) is 20.8. The summed E-state index contributed by atoms with van der Waals surface area (Å²) in [6.07, 6.45) is -0.365. The number of amides is 1. The fraction of sp³-hybridized carbons (Fsp3) is 0.300. The van der Waals surface area contributed by atoms with E-state index in [0.29, 0.717) is 22.1 Å². The molecule has 1 amide bonds. The normalized spacial score (nSPS) is 11.0. The average molecular weight is 432 g/mol. The Morgan fingerprint density at radius 1 is 1.21 bits per heavy atom. The third-order valence-electron chi connectivity index (χ3n) is 4.26. The van der Waals surface area contributed by atoms with Crippen LogP contribution in [-0.2, 0) is 9.53 Å². The Hall–Kier alpha value is -2.62. The number of nitrogens with zero attached hydrogens (tertiary/aromatic N) is 2. The number of rotatable bonds is 9. The summed E-state index contributed by atoms with van der Waals surface area (Å²) in [5.41, 5.74) is 1.05. The van der Waals surface area contributed by atoms with Crippen LogP contribution in [0.25, 0.3) is 10.2 Å². The van der Waals surface area contributed by atoms with E-state index in [1.54, 1.807) is 11.4 Å². The van der Waals surface area contributed by atoms with E-state index in [0.717, 1.165) is 16.8 Å². The minimum absolute atomic E-state index is 0.237. The number of thiophene rings is 1. The quantitative estimate of drug-likeness (QED) is 0.316. The Balaban J connectivity index is 1.60. The number of para-hydroxylation sites is 1. The summed E-state index contributed by atoms with van der Waals surface area (Å²) < 4.78 is 6.03. The molecule has 2 aromatic heterocycles. The van der Waals surface area contributed by atoms with Gasteiger partial charge in [-0.2, -0.15) is 0 Å². The van der Waals surface area contributed by atoms with Crippen molar-refractivity contribution in [3.63, 3.8) is 0 Å². The van der Waals surface area contributed by atoms with Crippen LogP contribution in [0.4, 0.5) is 5.00 Å². The van der Waals surface area contributed by atoms with Gasteiger partial charge in [-0.15, -0.1) is 22.7 Å². The fourth-order valence-corrected chi connectivity index (χ4v) is 4.16. The number of thiazole rings is 1. The number of fused-ring (bicyclic) bond motifs is 1. The zero-order valence-corrected chi connectivity index (χ0v) is 17.8. The van der Waals surface area contributed by atoms with Crippen molar-refractivity contribution in [3.8, 4) is 0 Å². The Labute approximate surface area is 176 Å². The van der Waals surface area contributed by atoms with Crippen LogP contribution < -0.4 is 5.32 Å². The summed E-state index contributed by atoms with van der Waals surface area (Å²) in [7, 11) is 1.92. The number of carbonyl (C=O) groups is 3. The molecule has 0 fully saturated rings. The van der Waals surface area contributed by atoms with Crippen LogP contribution in [0.3, 0.4) is 0 Å². The van der Waals surface area contributed by atoms with Crippen LogP contribution in [0, 0.1) is 0 Å². The van der Waals surface area contributed by atoms with Crippen molar-refractivity contribution in [1.29, 1.82) is 0 Å². The van der Waals surface area contributed by atoms with Crippen molar-refractivity contribution in [2.75, 3.05) is 32.1 Å². The fourth-order valence-electron chi connectivity index (χ4n) is 2.50. The summed E-state index contributed by atoms with van der Waals surface area (Å²) in [4.78, 5) is 43.3. The van der Waals surface area contributed by atoms with Gasteiger partial charge in [0.15, 0.2) is 10.8 Å². The van der Waals surface area contributed by atoms with E-state index in [4.69, 9.17) is 4.74 Å². The second kappa shape index (κ2) is 9.73. The van der Waals surface area contributed by atoms with Crippen molar-refractivity contribution in [2.24, 2.45) is 0 Å². The van der Waals surface area contributed by atoms with Crippen LogP contribution in [-0.4, -0.2) is 54.3 Å². The van der Waals surface area contributed by atoms with Crippen molar-refractivity contribution in [1.82, 2.24) is 9.88 Å². The van der Waals surface area contributed by atoms with Gasteiger partial charge < -0.3 is 15.0 Å². The van der Waals surface area contributed by atoms with Gasteiger partial charge in [0.1, 0.15) is 18.0 Å². The van der Waals surface area contributed by atoms with E-state index >= 15 is 0 Å². The maximum atomic E-state index is 12.5. The molecule has 0 aliphatic carbocycles. The molecule has 0 aliphatic heterocycles. The number of nitrogens with one attached hydrogen (secondary N) is 1. The topological polar surface area (TPSA) is 88.6 Å². The van der Waals surface area contributed by atoms with Gasteiger partial charge in [0.05, 0.1) is 15.8 Å². The molecule has 3 rings (SSSR count). The minimum atomic E-state index is -0.575. The first kappa shape index (κ1) is 21.1. The predicted molar refractivity (Wildman–Crippen MR) is 115 cm³/mol. The molecular weight excluding hydrogens is 410 g/mol. The smallest absolute Gasteiger partial charge is 0.313 e. The number of esters is 1. The second-order valence-electron chi connectivity index (χ2n) is 6.32. The van der Waals surface area contributed by atoms with E-state index in [1.807, 2.05) is 43.1 Å². The van der Waals surface area contributed by atoms with E-state index in [2.05, 4.69) is 10.3 Å². The number of ether oxygens (including phenoxy) is 1. The average Bonchev–Trinajstić information content (AvgIpc) is 3.34. The molecule has 3 aromatic rings. The molecule has 0 radical (unpaired) electrons. The Morgan fingerprint density at radius 2 is 2.00 bits per heavy atom. The number of carbonyl (C=O) groups excluding carboxylic acids is 3. The molecule has 0 bridgehead atoms. The third-order valence-corrected chi connectivity index (χ3v) is 6.13. The van der Waals surface area contributed by atoms with Crippen LogP contribution in [0.1, 0.15) is 33.5 Å². The minimum Gasteiger partial charge on any atom is -0.464 e. The SMILES string of the molecule is CCN(C)CCOC(=O)CC(=O)c1ccsc1NC(=O)c1nc2ccccc2s1. The Morgan fingerprint density at radius 3 is 2.76 bits per heavy atom. The van der Waals surface area contributed by atoms with Gasteiger partial charge in [0.25, 0.3) is 5.91 Å². The summed E-state index contributed by atoms with van der Waals surface area (Å²) in [6.45, 7) is 3.70. The molecule has 0 saturated carbocycles. The standard InChI is InChI=1S/C20H21N3O4S2/c1-3-23(2)9-10-27-17(25)12-15(24)13-8-11-28-19(13)22-18(26)20-21-14-6-4-5-7-16(14)29-20/h4-8,11H,3,9-10,12H2,1-2H3,(H,22,26). The maximum absolute atomic E-state index is 12.5. The number of ketones is 1. The number of Topliss-reactive ketones (excluding diaryl/α,β-unsaturated/α-hetero) is 1. The first-order valence-corrected chi connectivity index (χ1v) is 10.8. The highest BCUT2D eigenvalue weighted by molar-refractivity contribution is 7.20. The van der Waals surface area contributed by atoms with Gasteiger partial charge >= 0.3 is 5.97 Å². The van der Waals surface area contributed by atoms with Crippen molar-refractivity contribution < 1.29 is 19.1 Å². The van der Waals surface area contributed by atoms with Crippen LogP contribution >= 0.6 is 22.7 Å². The molecular formula is C20H21N3O4S2. The van der Waals surface area contributed by atoms with E-state index < -0.39 is 5.97 Å². The lowest BCUT2D eigenvalue weighted by Crippen LogP contribution is -2.24. The first-order chi connectivity index (χ1) is 14.0. The molecule has 7 nitrogen and oxygen atoms in total. The zero-order valence-electron chi connectivity index (χ0n) is 16.1. The van der Waals surface area contributed by atoms with E-state index in [1.165, 1.54) is 22.7 Å². The molecule has 0 unspecified atom stereocenters. The Bertz CT molecular complexity index is 995. The van der Waals surface area contributed by atoms with Crippen molar-refractivity contribution in [3.05, 3.63) is 46.3 Å². The number of aromatic nitrogens is 1. The highest BCUT2D eigenvalue weighted by Gasteiger charge is 2.20. The number of hydrogen-bond donors (Lipinski definition) is 1. The summed E-state index contributed by atoms with van der Waals surface area (Å²) in [5, 5.41) is 5.15. The molecule has 0 aliphatic rings. The van der Waals surface area contributed by atoms with E-state index in [-0.39, 0.29) is 24.7 Å². The molecule has 0 spiro atoms.